The summed E-state index contributed by atoms with van der Waals surface area (Å²) in [5, 5.41) is 11.6. The molecule has 0 aliphatic heterocycles. The van der Waals surface area contributed by atoms with Gasteiger partial charge in [-0.05, 0) is 57.0 Å². The molecule has 0 aliphatic carbocycles. The summed E-state index contributed by atoms with van der Waals surface area (Å²) in [6.45, 7) is 8.10. The first-order valence-electron chi connectivity index (χ1n) is 9.05. The van der Waals surface area contributed by atoms with E-state index in [1.54, 1.807) is 0 Å². The van der Waals surface area contributed by atoms with Gasteiger partial charge in [0.1, 0.15) is 6.54 Å². The number of benzene rings is 2. The summed E-state index contributed by atoms with van der Waals surface area (Å²) >= 11 is 0. The summed E-state index contributed by atoms with van der Waals surface area (Å²) in [6, 6.07) is 14.5. The largest absolute Gasteiger partial charge is 0.480 e. The molecule has 0 atom stereocenters. The Hall–Kier alpha value is -3.14. The number of fused-ring (bicyclic) bond motifs is 2. The average molecular weight is 358 g/mol. The molecule has 0 saturated heterocycles. The SMILES string of the molecule is Cc1ccc2c(c1)c(-c1cc(C)nc3c(C)cccc13)c(C)n2CC(=O)O. The minimum atomic E-state index is -0.839. The predicted molar refractivity (Wildman–Crippen MR) is 109 cm³/mol. The van der Waals surface area contributed by atoms with E-state index < -0.39 is 5.97 Å². The number of aryl methyl sites for hydroxylation is 3. The molecule has 2 aromatic heterocycles. The molecule has 0 saturated carbocycles. The summed E-state index contributed by atoms with van der Waals surface area (Å²) in [7, 11) is 0. The minimum Gasteiger partial charge on any atom is -0.480 e. The zero-order valence-electron chi connectivity index (χ0n) is 16.0. The van der Waals surface area contributed by atoms with Crippen LogP contribution in [0.4, 0.5) is 0 Å². The number of hydrogen-bond acceptors (Lipinski definition) is 2. The van der Waals surface area contributed by atoms with Crippen molar-refractivity contribution in [2.45, 2.75) is 34.2 Å². The lowest BCUT2D eigenvalue weighted by molar-refractivity contribution is -0.137. The van der Waals surface area contributed by atoms with Crippen molar-refractivity contribution in [1.82, 2.24) is 9.55 Å². The van der Waals surface area contributed by atoms with Crippen LogP contribution in [0.15, 0.2) is 42.5 Å². The number of hydrogen-bond donors (Lipinski definition) is 1. The normalized spacial score (nSPS) is 11.4. The molecule has 2 aromatic carbocycles. The highest BCUT2D eigenvalue weighted by Crippen LogP contribution is 2.39. The maximum absolute atomic E-state index is 11.5. The zero-order chi connectivity index (χ0) is 19.3. The Bertz CT molecular complexity index is 1220. The van der Waals surface area contributed by atoms with Crippen molar-refractivity contribution in [1.29, 1.82) is 0 Å². The van der Waals surface area contributed by atoms with Crippen molar-refractivity contribution in [3.05, 3.63) is 65.0 Å². The number of aliphatic carboxylic acids is 1. The van der Waals surface area contributed by atoms with Crippen LogP contribution in [0.25, 0.3) is 32.9 Å². The van der Waals surface area contributed by atoms with E-state index in [0.29, 0.717) is 0 Å². The van der Waals surface area contributed by atoms with Crippen LogP contribution in [-0.2, 0) is 11.3 Å². The number of pyridine rings is 1. The maximum atomic E-state index is 11.5. The van der Waals surface area contributed by atoms with Gasteiger partial charge in [0, 0.05) is 33.2 Å². The Kier molecular flexibility index (Phi) is 3.99. The van der Waals surface area contributed by atoms with Gasteiger partial charge >= 0.3 is 5.97 Å². The molecule has 0 spiro atoms. The molecule has 4 nitrogen and oxygen atoms in total. The van der Waals surface area contributed by atoms with Crippen molar-refractivity contribution < 1.29 is 9.90 Å². The molecule has 4 heteroatoms. The monoisotopic (exact) mass is 358 g/mol. The average Bonchev–Trinajstić information content (AvgIpc) is 2.86. The van der Waals surface area contributed by atoms with Crippen LogP contribution in [0.2, 0.25) is 0 Å². The number of carboxylic acids is 1. The van der Waals surface area contributed by atoms with Gasteiger partial charge in [-0.15, -0.1) is 0 Å². The van der Waals surface area contributed by atoms with Gasteiger partial charge in [0.05, 0.1) is 5.52 Å². The van der Waals surface area contributed by atoms with E-state index in [9.17, 15) is 9.90 Å². The fourth-order valence-electron chi connectivity index (χ4n) is 4.00. The highest BCUT2D eigenvalue weighted by atomic mass is 16.4. The lowest BCUT2D eigenvalue weighted by Gasteiger charge is -2.11. The van der Waals surface area contributed by atoms with Crippen LogP contribution >= 0.6 is 0 Å². The van der Waals surface area contributed by atoms with Gasteiger partial charge in [-0.2, -0.15) is 0 Å². The van der Waals surface area contributed by atoms with Crippen LogP contribution in [-0.4, -0.2) is 20.6 Å². The van der Waals surface area contributed by atoms with E-state index in [4.69, 9.17) is 4.98 Å². The smallest absolute Gasteiger partial charge is 0.323 e. The van der Waals surface area contributed by atoms with E-state index in [1.165, 1.54) is 0 Å². The number of nitrogens with zero attached hydrogens (tertiary/aromatic N) is 2. The summed E-state index contributed by atoms with van der Waals surface area (Å²) in [5.41, 5.74) is 8.37. The van der Waals surface area contributed by atoms with Crippen molar-refractivity contribution in [2.24, 2.45) is 0 Å². The van der Waals surface area contributed by atoms with Crippen LogP contribution in [0, 0.1) is 27.7 Å². The summed E-state index contributed by atoms with van der Waals surface area (Å²) in [6.07, 6.45) is 0. The standard InChI is InChI=1S/C23H22N2O2/c1-13-8-9-20-19(10-13)22(16(4)25(20)12-21(26)27)18-11-15(3)24-23-14(2)6-5-7-17(18)23/h5-11H,12H2,1-4H3,(H,26,27). The van der Waals surface area contributed by atoms with Crippen molar-refractivity contribution in [3.8, 4) is 11.1 Å². The third-order valence-electron chi connectivity index (χ3n) is 5.21. The molecular weight excluding hydrogens is 336 g/mol. The van der Waals surface area contributed by atoms with Crippen LogP contribution in [0.5, 0.6) is 0 Å². The maximum Gasteiger partial charge on any atom is 0.323 e. The van der Waals surface area contributed by atoms with E-state index >= 15 is 0 Å². The number of para-hydroxylation sites is 1. The summed E-state index contributed by atoms with van der Waals surface area (Å²) in [4.78, 5) is 16.2. The van der Waals surface area contributed by atoms with Crippen molar-refractivity contribution >= 4 is 27.8 Å². The Labute approximate surface area is 158 Å². The second-order valence-electron chi connectivity index (χ2n) is 7.24. The van der Waals surface area contributed by atoms with Gasteiger partial charge in [-0.1, -0.05) is 29.8 Å². The predicted octanol–water partition coefficient (Wildman–Crippen LogP) is 5.17. The van der Waals surface area contributed by atoms with Crippen molar-refractivity contribution in [3.63, 3.8) is 0 Å². The molecule has 27 heavy (non-hydrogen) atoms. The highest BCUT2D eigenvalue weighted by Gasteiger charge is 2.20. The van der Waals surface area contributed by atoms with Gasteiger partial charge in [-0.25, -0.2) is 0 Å². The lowest BCUT2D eigenvalue weighted by atomic mass is 9.96. The van der Waals surface area contributed by atoms with E-state index in [0.717, 1.165) is 55.4 Å². The first-order chi connectivity index (χ1) is 12.9. The van der Waals surface area contributed by atoms with Crippen LogP contribution < -0.4 is 0 Å². The fourth-order valence-corrected chi connectivity index (χ4v) is 4.00. The molecule has 4 rings (SSSR count). The minimum absolute atomic E-state index is 0.0492. The van der Waals surface area contributed by atoms with Gasteiger partial charge in [0.15, 0.2) is 0 Å². The first kappa shape index (κ1) is 17.3. The molecular formula is C23H22N2O2. The summed E-state index contributed by atoms with van der Waals surface area (Å²) in [5.74, 6) is -0.839. The Morgan fingerprint density at radius 1 is 1.04 bits per heavy atom. The number of carbonyl (C=O) groups is 1. The molecule has 1 N–H and O–H groups in total. The Morgan fingerprint density at radius 2 is 1.81 bits per heavy atom. The molecule has 0 aliphatic rings. The second kappa shape index (κ2) is 6.23. The van der Waals surface area contributed by atoms with Gasteiger partial charge < -0.3 is 9.67 Å². The summed E-state index contributed by atoms with van der Waals surface area (Å²) < 4.78 is 1.89. The fraction of sp³-hybridized carbons (Fsp3) is 0.217. The number of aromatic nitrogens is 2. The topological polar surface area (TPSA) is 55.1 Å². The quantitative estimate of drug-likeness (QED) is 0.549. The molecule has 0 unspecified atom stereocenters. The Balaban J connectivity index is 2.16. The molecule has 136 valence electrons. The molecule has 0 bridgehead atoms. The van der Waals surface area contributed by atoms with E-state index in [-0.39, 0.29) is 6.54 Å². The van der Waals surface area contributed by atoms with E-state index in [1.807, 2.05) is 30.5 Å². The zero-order valence-corrected chi connectivity index (χ0v) is 16.0. The third-order valence-corrected chi connectivity index (χ3v) is 5.21. The third kappa shape index (κ3) is 2.78. The molecule has 2 heterocycles. The van der Waals surface area contributed by atoms with Crippen LogP contribution in [0.3, 0.4) is 0 Å². The first-order valence-corrected chi connectivity index (χ1v) is 9.05. The molecule has 0 amide bonds. The second-order valence-corrected chi connectivity index (χ2v) is 7.24. The van der Waals surface area contributed by atoms with Gasteiger partial charge in [0.2, 0.25) is 0 Å². The molecule has 0 fully saturated rings. The highest BCUT2D eigenvalue weighted by molar-refractivity contribution is 6.06. The number of carboxylic acid groups (broad SMARTS) is 1. The Morgan fingerprint density at radius 3 is 2.56 bits per heavy atom. The van der Waals surface area contributed by atoms with Crippen LogP contribution in [0.1, 0.15) is 22.5 Å². The lowest BCUT2D eigenvalue weighted by Crippen LogP contribution is -2.09. The molecule has 4 aromatic rings. The van der Waals surface area contributed by atoms with E-state index in [2.05, 4.69) is 44.2 Å². The van der Waals surface area contributed by atoms with Crippen molar-refractivity contribution in [2.75, 3.05) is 0 Å². The van der Waals surface area contributed by atoms with Gasteiger partial charge in [0.25, 0.3) is 0 Å². The molecule has 0 radical (unpaired) electrons. The van der Waals surface area contributed by atoms with Gasteiger partial charge in [-0.3, -0.25) is 9.78 Å². The number of rotatable bonds is 3.